The largest absolute Gasteiger partial charge is 0.387 e. The predicted molar refractivity (Wildman–Crippen MR) is 38.4 cm³/mol. The standard InChI is InChI=1S/C5H10N2S/c1-8-4-2-3-7-5(4)6/h4H,2-3H2,1H3,(H2,6,7). The highest BCUT2D eigenvalue weighted by atomic mass is 32.2. The summed E-state index contributed by atoms with van der Waals surface area (Å²) in [6, 6.07) is 0. The van der Waals surface area contributed by atoms with Crippen molar-refractivity contribution < 1.29 is 0 Å². The normalized spacial score (nSPS) is 28.1. The van der Waals surface area contributed by atoms with E-state index in [9.17, 15) is 0 Å². The molecule has 0 saturated heterocycles. The highest BCUT2D eigenvalue weighted by Crippen LogP contribution is 2.15. The Hall–Kier alpha value is -0.180. The zero-order chi connectivity index (χ0) is 5.98. The molecule has 1 atom stereocenters. The second-order valence-corrected chi connectivity index (χ2v) is 2.86. The van der Waals surface area contributed by atoms with Crippen molar-refractivity contribution in [1.82, 2.24) is 0 Å². The van der Waals surface area contributed by atoms with Crippen molar-refractivity contribution in [1.29, 1.82) is 0 Å². The summed E-state index contributed by atoms with van der Waals surface area (Å²) in [5.74, 6) is 0.831. The topological polar surface area (TPSA) is 38.4 Å². The van der Waals surface area contributed by atoms with E-state index in [0.717, 1.165) is 18.8 Å². The minimum absolute atomic E-state index is 0.509. The summed E-state index contributed by atoms with van der Waals surface area (Å²) >= 11 is 1.78. The fourth-order valence-corrected chi connectivity index (χ4v) is 1.46. The van der Waals surface area contributed by atoms with Crippen LogP contribution in [0.15, 0.2) is 4.99 Å². The highest BCUT2D eigenvalue weighted by molar-refractivity contribution is 7.99. The van der Waals surface area contributed by atoms with Gasteiger partial charge in [0.1, 0.15) is 5.84 Å². The van der Waals surface area contributed by atoms with Gasteiger partial charge >= 0.3 is 0 Å². The van der Waals surface area contributed by atoms with E-state index in [1.807, 2.05) is 0 Å². The van der Waals surface area contributed by atoms with E-state index in [0.29, 0.717) is 5.25 Å². The second-order valence-electron chi connectivity index (χ2n) is 1.82. The lowest BCUT2D eigenvalue weighted by atomic mass is 10.3. The first-order valence-corrected chi connectivity index (χ1v) is 3.96. The van der Waals surface area contributed by atoms with Crippen LogP contribution in [0.3, 0.4) is 0 Å². The van der Waals surface area contributed by atoms with Gasteiger partial charge in [-0.25, -0.2) is 0 Å². The molecule has 1 rings (SSSR count). The van der Waals surface area contributed by atoms with Gasteiger partial charge < -0.3 is 5.73 Å². The highest BCUT2D eigenvalue weighted by Gasteiger charge is 2.15. The Morgan fingerprint density at radius 3 is 2.88 bits per heavy atom. The van der Waals surface area contributed by atoms with Crippen molar-refractivity contribution in [2.24, 2.45) is 10.7 Å². The molecule has 0 aromatic rings. The van der Waals surface area contributed by atoms with E-state index in [1.165, 1.54) is 0 Å². The van der Waals surface area contributed by atoms with Crippen LogP contribution in [0.5, 0.6) is 0 Å². The molecule has 0 amide bonds. The Bertz CT molecular complexity index is 111. The summed E-state index contributed by atoms with van der Waals surface area (Å²) < 4.78 is 0. The van der Waals surface area contributed by atoms with Crippen LogP contribution in [-0.4, -0.2) is 23.9 Å². The summed E-state index contributed by atoms with van der Waals surface area (Å²) in [7, 11) is 0. The van der Waals surface area contributed by atoms with E-state index in [2.05, 4.69) is 11.2 Å². The molecule has 3 heteroatoms. The zero-order valence-electron chi connectivity index (χ0n) is 4.92. The Labute approximate surface area is 53.6 Å². The van der Waals surface area contributed by atoms with Crippen LogP contribution < -0.4 is 5.73 Å². The second kappa shape index (κ2) is 2.40. The third-order valence-electron chi connectivity index (χ3n) is 1.30. The first-order valence-electron chi connectivity index (χ1n) is 2.67. The maximum atomic E-state index is 5.52. The smallest absolute Gasteiger partial charge is 0.107 e. The van der Waals surface area contributed by atoms with Crippen molar-refractivity contribution in [3.8, 4) is 0 Å². The maximum absolute atomic E-state index is 5.52. The molecule has 8 heavy (non-hydrogen) atoms. The number of rotatable bonds is 1. The molecule has 46 valence electrons. The SMILES string of the molecule is CSC1CCN=C1N. The third-order valence-corrected chi connectivity index (χ3v) is 2.35. The Kier molecular flexibility index (Phi) is 1.78. The van der Waals surface area contributed by atoms with Crippen molar-refractivity contribution in [3.63, 3.8) is 0 Å². The van der Waals surface area contributed by atoms with Gasteiger partial charge in [-0.3, -0.25) is 4.99 Å². The summed E-state index contributed by atoms with van der Waals surface area (Å²) in [5.41, 5.74) is 5.52. The summed E-state index contributed by atoms with van der Waals surface area (Å²) in [5, 5.41) is 0.509. The molecule has 1 aliphatic heterocycles. The zero-order valence-corrected chi connectivity index (χ0v) is 5.74. The molecule has 0 saturated carbocycles. The van der Waals surface area contributed by atoms with Crippen LogP contribution in [0.2, 0.25) is 0 Å². The lowest BCUT2D eigenvalue weighted by molar-refractivity contribution is 0.962. The molecule has 1 unspecified atom stereocenters. The summed E-state index contributed by atoms with van der Waals surface area (Å²) in [6.45, 7) is 0.928. The lowest BCUT2D eigenvalue weighted by Gasteiger charge is -2.02. The Balaban J connectivity index is 2.46. The van der Waals surface area contributed by atoms with Crippen molar-refractivity contribution in [2.45, 2.75) is 11.7 Å². The molecule has 0 spiro atoms. The van der Waals surface area contributed by atoms with E-state index >= 15 is 0 Å². The van der Waals surface area contributed by atoms with Crippen molar-refractivity contribution in [2.75, 3.05) is 12.8 Å². The van der Waals surface area contributed by atoms with Crippen LogP contribution in [0.4, 0.5) is 0 Å². The molecule has 0 radical (unpaired) electrons. The van der Waals surface area contributed by atoms with Crippen LogP contribution in [0, 0.1) is 0 Å². The van der Waals surface area contributed by atoms with Gasteiger partial charge in [-0.1, -0.05) is 0 Å². The number of amidine groups is 1. The van der Waals surface area contributed by atoms with E-state index in [-0.39, 0.29) is 0 Å². The van der Waals surface area contributed by atoms with Gasteiger partial charge in [-0.2, -0.15) is 11.8 Å². The van der Waals surface area contributed by atoms with Crippen LogP contribution in [-0.2, 0) is 0 Å². The fraction of sp³-hybridized carbons (Fsp3) is 0.800. The minimum Gasteiger partial charge on any atom is -0.387 e. The molecule has 2 N–H and O–H groups in total. The van der Waals surface area contributed by atoms with E-state index in [1.54, 1.807) is 11.8 Å². The number of nitrogens with two attached hydrogens (primary N) is 1. The van der Waals surface area contributed by atoms with Crippen LogP contribution >= 0.6 is 11.8 Å². The molecular formula is C5H10N2S. The van der Waals surface area contributed by atoms with Gasteiger partial charge in [-0.05, 0) is 12.7 Å². The average Bonchev–Trinajstić information content (AvgIpc) is 2.14. The first kappa shape index (κ1) is 5.95. The van der Waals surface area contributed by atoms with Gasteiger partial charge in [0, 0.05) is 6.54 Å². The number of thioether (sulfide) groups is 1. The van der Waals surface area contributed by atoms with Gasteiger partial charge in [-0.15, -0.1) is 0 Å². The number of hydrogen-bond donors (Lipinski definition) is 1. The Morgan fingerprint density at radius 1 is 1.88 bits per heavy atom. The molecule has 0 aromatic heterocycles. The van der Waals surface area contributed by atoms with Gasteiger partial charge in [0.25, 0.3) is 0 Å². The maximum Gasteiger partial charge on any atom is 0.107 e. The monoisotopic (exact) mass is 130 g/mol. The fourth-order valence-electron chi connectivity index (χ4n) is 0.799. The molecule has 0 aromatic carbocycles. The molecule has 1 aliphatic rings. The molecule has 0 aliphatic carbocycles. The number of hydrogen-bond acceptors (Lipinski definition) is 3. The molecule has 0 bridgehead atoms. The molecule has 0 fully saturated rings. The first-order chi connectivity index (χ1) is 3.84. The number of nitrogens with zero attached hydrogens (tertiary/aromatic N) is 1. The number of aliphatic imine (C=N–C) groups is 1. The van der Waals surface area contributed by atoms with Crippen molar-refractivity contribution in [3.05, 3.63) is 0 Å². The van der Waals surface area contributed by atoms with Gasteiger partial charge in [0.05, 0.1) is 5.25 Å². The minimum atomic E-state index is 0.509. The van der Waals surface area contributed by atoms with E-state index < -0.39 is 0 Å². The lowest BCUT2D eigenvalue weighted by Crippen LogP contribution is -2.20. The average molecular weight is 130 g/mol. The Morgan fingerprint density at radius 2 is 2.62 bits per heavy atom. The third kappa shape index (κ3) is 0.968. The van der Waals surface area contributed by atoms with Gasteiger partial charge in [0.15, 0.2) is 0 Å². The molecule has 2 nitrogen and oxygen atoms in total. The molecule has 1 heterocycles. The molecular weight excluding hydrogens is 120 g/mol. The van der Waals surface area contributed by atoms with Crippen LogP contribution in [0.1, 0.15) is 6.42 Å². The predicted octanol–water partition coefficient (Wildman–Crippen LogP) is 0.479. The van der Waals surface area contributed by atoms with Crippen LogP contribution in [0.25, 0.3) is 0 Å². The quantitative estimate of drug-likeness (QED) is 0.560. The van der Waals surface area contributed by atoms with Crippen molar-refractivity contribution >= 4 is 17.6 Å². The summed E-state index contributed by atoms with van der Waals surface area (Å²) in [6.07, 6.45) is 3.20. The summed E-state index contributed by atoms with van der Waals surface area (Å²) in [4.78, 5) is 4.06. The van der Waals surface area contributed by atoms with E-state index in [4.69, 9.17) is 5.73 Å². The van der Waals surface area contributed by atoms with Gasteiger partial charge in [0.2, 0.25) is 0 Å².